The minimum Gasteiger partial charge on any atom is -0.212 e. The highest BCUT2D eigenvalue weighted by atomic mass is 32.2. The van der Waals surface area contributed by atoms with Crippen LogP contribution in [-0.2, 0) is 22.2 Å². The first-order valence-electron chi connectivity index (χ1n) is 7.72. The zero-order valence-electron chi connectivity index (χ0n) is 12.6. The maximum atomic E-state index is 12.7. The lowest BCUT2D eigenvalue weighted by Gasteiger charge is -2.24. The van der Waals surface area contributed by atoms with E-state index in [1.54, 1.807) is 4.31 Å². The Morgan fingerprint density at radius 2 is 1.50 bits per heavy atom. The number of hydrogen-bond donors (Lipinski definition) is 0. The Labute approximate surface area is 132 Å². The van der Waals surface area contributed by atoms with E-state index in [0.29, 0.717) is 6.54 Å². The summed E-state index contributed by atoms with van der Waals surface area (Å²) >= 11 is 0. The van der Waals surface area contributed by atoms with Crippen molar-refractivity contribution in [3.63, 3.8) is 0 Å². The molecule has 0 aromatic heterocycles. The van der Waals surface area contributed by atoms with Crippen molar-refractivity contribution in [2.45, 2.75) is 31.1 Å². The van der Waals surface area contributed by atoms with Crippen molar-refractivity contribution in [1.29, 1.82) is 0 Å². The van der Waals surface area contributed by atoms with Crippen molar-refractivity contribution < 1.29 is 8.42 Å². The number of sulfonamides is 1. The Morgan fingerprint density at radius 1 is 0.909 bits per heavy atom. The van der Waals surface area contributed by atoms with Gasteiger partial charge < -0.3 is 0 Å². The van der Waals surface area contributed by atoms with Crippen LogP contribution in [0, 0.1) is 0 Å². The van der Waals surface area contributed by atoms with Crippen LogP contribution >= 0.6 is 0 Å². The molecule has 0 spiro atoms. The van der Waals surface area contributed by atoms with Crippen LogP contribution in [0.2, 0.25) is 0 Å². The first-order chi connectivity index (χ1) is 10.6. The minimum atomic E-state index is -3.25. The van der Waals surface area contributed by atoms with E-state index in [9.17, 15) is 8.42 Å². The van der Waals surface area contributed by atoms with Gasteiger partial charge in [0.2, 0.25) is 10.0 Å². The highest BCUT2D eigenvalue weighted by molar-refractivity contribution is 7.88. The largest absolute Gasteiger partial charge is 0.218 e. The van der Waals surface area contributed by atoms with Crippen molar-refractivity contribution in [1.82, 2.24) is 4.31 Å². The van der Waals surface area contributed by atoms with E-state index in [-0.39, 0.29) is 11.8 Å². The van der Waals surface area contributed by atoms with Crippen LogP contribution in [0.4, 0.5) is 0 Å². The van der Waals surface area contributed by atoms with Crippen LogP contribution in [0.15, 0.2) is 60.7 Å². The molecule has 3 rings (SSSR count). The number of rotatable bonds is 5. The Balaban J connectivity index is 1.74. The Morgan fingerprint density at radius 3 is 2.14 bits per heavy atom. The quantitative estimate of drug-likeness (QED) is 0.849. The third-order valence-electron chi connectivity index (χ3n) is 4.19. The van der Waals surface area contributed by atoms with Crippen molar-refractivity contribution in [3.8, 4) is 0 Å². The van der Waals surface area contributed by atoms with Gasteiger partial charge in [0.05, 0.1) is 5.75 Å². The second-order valence-corrected chi connectivity index (χ2v) is 7.76. The van der Waals surface area contributed by atoms with Crippen LogP contribution in [0.25, 0.3) is 0 Å². The summed E-state index contributed by atoms with van der Waals surface area (Å²) in [5.74, 6) is 0.0964. The molecular formula is C18H21NO2S. The summed E-state index contributed by atoms with van der Waals surface area (Å²) in [5.41, 5.74) is 2.06. The molecule has 1 heterocycles. The van der Waals surface area contributed by atoms with E-state index in [4.69, 9.17) is 0 Å². The summed E-state index contributed by atoms with van der Waals surface area (Å²) in [6, 6.07) is 19.7. The van der Waals surface area contributed by atoms with Crippen LogP contribution < -0.4 is 0 Å². The fourth-order valence-corrected chi connectivity index (χ4v) is 4.95. The van der Waals surface area contributed by atoms with Gasteiger partial charge in [-0.15, -0.1) is 0 Å². The molecule has 0 bridgehead atoms. The third-order valence-corrected chi connectivity index (χ3v) is 6.08. The Bertz CT molecular complexity index is 698. The molecule has 1 aliphatic rings. The fraction of sp³-hybridized carbons (Fsp3) is 0.333. The molecule has 1 saturated heterocycles. The summed E-state index contributed by atoms with van der Waals surface area (Å²) < 4.78 is 27.2. The lowest BCUT2D eigenvalue weighted by Crippen LogP contribution is -2.37. The predicted molar refractivity (Wildman–Crippen MR) is 88.9 cm³/mol. The average Bonchev–Trinajstić information content (AvgIpc) is 2.98. The molecule has 1 atom stereocenters. The molecule has 2 aromatic rings. The second kappa shape index (κ2) is 6.63. The maximum absolute atomic E-state index is 12.7. The molecule has 1 unspecified atom stereocenters. The molecular weight excluding hydrogens is 294 g/mol. The predicted octanol–water partition coefficient (Wildman–Crippen LogP) is 3.22. The lowest BCUT2D eigenvalue weighted by molar-refractivity contribution is 0.385. The van der Waals surface area contributed by atoms with Crippen LogP contribution in [-0.4, -0.2) is 25.3 Å². The van der Waals surface area contributed by atoms with Crippen molar-refractivity contribution >= 4 is 10.0 Å². The van der Waals surface area contributed by atoms with Gasteiger partial charge in [-0.3, -0.25) is 0 Å². The summed E-state index contributed by atoms with van der Waals surface area (Å²) in [6.45, 7) is 0.646. The van der Waals surface area contributed by atoms with Crippen molar-refractivity contribution in [2.24, 2.45) is 0 Å². The van der Waals surface area contributed by atoms with Gasteiger partial charge in [0.15, 0.2) is 0 Å². The van der Waals surface area contributed by atoms with Gasteiger partial charge >= 0.3 is 0 Å². The zero-order chi connectivity index (χ0) is 15.4. The van der Waals surface area contributed by atoms with E-state index < -0.39 is 10.0 Å². The van der Waals surface area contributed by atoms with E-state index in [0.717, 1.165) is 24.8 Å². The molecule has 22 heavy (non-hydrogen) atoms. The van der Waals surface area contributed by atoms with Gasteiger partial charge in [-0.25, -0.2) is 8.42 Å². The van der Waals surface area contributed by atoms with Crippen molar-refractivity contribution in [2.75, 3.05) is 6.54 Å². The Kier molecular flexibility index (Phi) is 4.60. The van der Waals surface area contributed by atoms with Crippen LogP contribution in [0.3, 0.4) is 0 Å². The van der Waals surface area contributed by atoms with Crippen LogP contribution in [0.5, 0.6) is 0 Å². The summed E-state index contributed by atoms with van der Waals surface area (Å²) in [4.78, 5) is 0. The first-order valence-corrected chi connectivity index (χ1v) is 9.33. The smallest absolute Gasteiger partial charge is 0.212 e. The van der Waals surface area contributed by atoms with Gasteiger partial charge in [0.1, 0.15) is 0 Å². The van der Waals surface area contributed by atoms with Crippen molar-refractivity contribution in [3.05, 3.63) is 71.8 Å². The zero-order valence-corrected chi connectivity index (χ0v) is 13.4. The first kappa shape index (κ1) is 15.3. The second-order valence-electron chi connectivity index (χ2n) is 5.84. The monoisotopic (exact) mass is 315 g/mol. The topological polar surface area (TPSA) is 37.4 Å². The molecule has 1 fully saturated rings. The van der Waals surface area contributed by atoms with Gasteiger partial charge in [-0.2, -0.15) is 4.31 Å². The number of benzene rings is 2. The molecule has 4 heteroatoms. The van der Waals surface area contributed by atoms with Gasteiger partial charge in [0, 0.05) is 12.6 Å². The highest BCUT2D eigenvalue weighted by Crippen LogP contribution is 2.26. The van der Waals surface area contributed by atoms with E-state index in [1.807, 2.05) is 48.5 Å². The lowest BCUT2D eigenvalue weighted by atomic mass is 10.1. The Hall–Kier alpha value is -1.65. The van der Waals surface area contributed by atoms with Crippen LogP contribution in [0.1, 0.15) is 24.0 Å². The number of hydrogen-bond acceptors (Lipinski definition) is 2. The van der Waals surface area contributed by atoms with Gasteiger partial charge in [0.25, 0.3) is 0 Å². The summed E-state index contributed by atoms with van der Waals surface area (Å²) in [5, 5.41) is 0. The molecule has 0 aliphatic carbocycles. The normalized spacial score (nSPS) is 19.4. The summed E-state index contributed by atoms with van der Waals surface area (Å²) in [6.07, 6.45) is 2.70. The molecule has 2 aromatic carbocycles. The molecule has 1 aliphatic heterocycles. The SMILES string of the molecule is O=S(=O)(Cc1ccccc1)N1CCCC1Cc1ccccc1. The molecule has 0 N–H and O–H groups in total. The van der Waals surface area contributed by atoms with E-state index in [2.05, 4.69) is 12.1 Å². The fourth-order valence-electron chi connectivity index (χ4n) is 3.13. The minimum absolute atomic E-state index is 0.0936. The van der Waals surface area contributed by atoms with E-state index >= 15 is 0 Å². The van der Waals surface area contributed by atoms with Gasteiger partial charge in [-0.1, -0.05) is 60.7 Å². The maximum Gasteiger partial charge on any atom is 0.218 e. The van der Waals surface area contributed by atoms with Gasteiger partial charge in [-0.05, 0) is 30.4 Å². The average molecular weight is 315 g/mol. The standard InChI is InChI=1S/C18H21NO2S/c20-22(21,15-17-10-5-2-6-11-17)19-13-7-12-18(19)14-16-8-3-1-4-9-16/h1-6,8-11,18H,7,12-15H2. The molecule has 3 nitrogen and oxygen atoms in total. The highest BCUT2D eigenvalue weighted by Gasteiger charge is 2.33. The van der Waals surface area contributed by atoms with E-state index in [1.165, 1.54) is 5.56 Å². The molecule has 116 valence electrons. The third kappa shape index (κ3) is 3.57. The molecule has 0 amide bonds. The molecule has 0 radical (unpaired) electrons. The number of nitrogens with zero attached hydrogens (tertiary/aromatic N) is 1. The molecule has 0 saturated carbocycles. The summed E-state index contributed by atoms with van der Waals surface area (Å²) in [7, 11) is -3.25.